The molecule has 0 fully saturated rings. The third-order valence-electron chi connectivity index (χ3n) is 3.08. The largest absolute Gasteiger partial charge is 0.504 e. The second-order valence-corrected chi connectivity index (χ2v) is 4.55. The number of hydrogen-bond acceptors (Lipinski definition) is 5. The first-order valence-corrected chi connectivity index (χ1v) is 6.34. The number of phenolic OH excluding ortho intramolecular Hbond substituents is 2. The van der Waals surface area contributed by atoms with Crippen molar-refractivity contribution in [3.63, 3.8) is 0 Å². The molecule has 5 heteroatoms. The quantitative estimate of drug-likeness (QED) is 0.668. The van der Waals surface area contributed by atoms with E-state index in [0.29, 0.717) is 11.3 Å². The van der Waals surface area contributed by atoms with Gasteiger partial charge in [0.1, 0.15) is 17.9 Å². The van der Waals surface area contributed by atoms with Gasteiger partial charge in [-0.25, -0.2) is 4.79 Å². The Labute approximate surface area is 122 Å². The van der Waals surface area contributed by atoms with Crippen LogP contribution in [0.5, 0.6) is 17.2 Å². The van der Waals surface area contributed by atoms with E-state index in [0.717, 1.165) is 5.56 Å². The standard InChI is InChI=1S/C16H16O5/c1-10-6-7-13(15(18)14(10)17)16(19)21-9-11-4-3-5-12(8-11)20-2/h3-8,17-18H,9H2,1-2H3. The minimum Gasteiger partial charge on any atom is -0.504 e. The molecule has 110 valence electrons. The minimum absolute atomic E-state index is 0.0457. The molecule has 0 aliphatic heterocycles. The summed E-state index contributed by atoms with van der Waals surface area (Å²) in [6, 6.07) is 10.1. The van der Waals surface area contributed by atoms with Crippen LogP contribution in [-0.4, -0.2) is 23.3 Å². The summed E-state index contributed by atoms with van der Waals surface area (Å²) in [5, 5.41) is 19.4. The molecule has 2 N–H and O–H groups in total. The molecule has 0 heterocycles. The zero-order valence-electron chi connectivity index (χ0n) is 11.8. The first-order chi connectivity index (χ1) is 10.0. The highest BCUT2D eigenvalue weighted by Gasteiger charge is 2.17. The Morgan fingerprint density at radius 2 is 1.90 bits per heavy atom. The second-order valence-electron chi connectivity index (χ2n) is 4.55. The topological polar surface area (TPSA) is 76.0 Å². The smallest absolute Gasteiger partial charge is 0.342 e. The number of carbonyl (C=O) groups excluding carboxylic acids is 1. The van der Waals surface area contributed by atoms with Crippen molar-refractivity contribution in [3.05, 3.63) is 53.1 Å². The van der Waals surface area contributed by atoms with E-state index >= 15 is 0 Å². The van der Waals surface area contributed by atoms with Gasteiger partial charge in [-0.2, -0.15) is 0 Å². The summed E-state index contributed by atoms with van der Waals surface area (Å²) in [5.74, 6) is -0.818. The molecule has 0 aromatic heterocycles. The summed E-state index contributed by atoms with van der Waals surface area (Å²) in [4.78, 5) is 11.9. The highest BCUT2D eigenvalue weighted by Crippen LogP contribution is 2.32. The summed E-state index contributed by atoms with van der Waals surface area (Å²) in [6.07, 6.45) is 0. The van der Waals surface area contributed by atoms with Crippen LogP contribution >= 0.6 is 0 Å². The highest BCUT2D eigenvalue weighted by molar-refractivity contribution is 5.93. The maximum absolute atomic E-state index is 11.9. The van der Waals surface area contributed by atoms with Crippen LogP contribution in [0.25, 0.3) is 0 Å². The van der Waals surface area contributed by atoms with Crippen LogP contribution in [0.2, 0.25) is 0 Å². The first kappa shape index (κ1) is 14.7. The van der Waals surface area contributed by atoms with Crippen molar-refractivity contribution < 1.29 is 24.5 Å². The number of ether oxygens (including phenoxy) is 2. The number of aryl methyl sites for hydroxylation is 1. The lowest BCUT2D eigenvalue weighted by Crippen LogP contribution is -2.06. The van der Waals surface area contributed by atoms with E-state index in [2.05, 4.69) is 0 Å². The van der Waals surface area contributed by atoms with E-state index in [1.54, 1.807) is 38.3 Å². The summed E-state index contributed by atoms with van der Waals surface area (Å²) in [6.45, 7) is 1.67. The van der Waals surface area contributed by atoms with Crippen LogP contribution in [0.15, 0.2) is 36.4 Å². The number of methoxy groups -OCH3 is 1. The summed E-state index contributed by atoms with van der Waals surface area (Å²) >= 11 is 0. The third kappa shape index (κ3) is 3.25. The molecule has 21 heavy (non-hydrogen) atoms. The Morgan fingerprint density at radius 3 is 2.62 bits per heavy atom. The molecule has 0 atom stereocenters. The lowest BCUT2D eigenvalue weighted by molar-refractivity contribution is 0.0468. The molecule has 0 aliphatic carbocycles. The number of carbonyl (C=O) groups is 1. The van der Waals surface area contributed by atoms with E-state index < -0.39 is 11.7 Å². The molecule has 5 nitrogen and oxygen atoms in total. The lowest BCUT2D eigenvalue weighted by atomic mass is 10.1. The maximum atomic E-state index is 11.9. The Morgan fingerprint density at radius 1 is 1.14 bits per heavy atom. The zero-order chi connectivity index (χ0) is 15.4. The van der Waals surface area contributed by atoms with Gasteiger partial charge in [-0.1, -0.05) is 18.2 Å². The van der Waals surface area contributed by atoms with Gasteiger partial charge in [0, 0.05) is 0 Å². The van der Waals surface area contributed by atoms with Gasteiger partial charge < -0.3 is 19.7 Å². The van der Waals surface area contributed by atoms with Crippen LogP contribution < -0.4 is 4.74 Å². The Hall–Kier alpha value is -2.69. The Balaban J connectivity index is 2.10. The van der Waals surface area contributed by atoms with Crippen molar-refractivity contribution in [2.75, 3.05) is 7.11 Å². The predicted octanol–water partition coefficient (Wildman–Crippen LogP) is 2.77. The first-order valence-electron chi connectivity index (χ1n) is 6.34. The van der Waals surface area contributed by atoms with E-state index in [4.69, 9.17) is 9.47 Å². The molecular weight excluding hydrogens is 272 g/mol. The molecule has 2 rings (SSSR count). The van der Waals surface area contributed by atoms with Gasteiger partial charge >= 0.3 is 5.97 Å². The van der Waals surface area contributed by atoms with E-state index in [9.17, 15) is 15.0 Å². The zero-order valence-corrected chi connectivity index (χ0v) is 11.8. The van der Waals surface area contributed by atoms with E-state index in [1.165, 1.54) is 12.1 Å². The van der Waals surface area contributed by atoms with Crippen LogP contribution in [-0.2, 0) is 11.3 Å². The molecule has 0 radical (unpaired) electrons. The second kappa shape index (κ2) is 6.17. The number of benzene rings is 2. The van der Waals surface area contributed by atoms with E-state index in [-0.39, 0.29) is 17.9 Å². The predicted molar refractivity (Wildman–Crippen MR) is 76.6 cm³/mol. The van der Waals surface area contributed by atoms with E-state index in [1.807, 2.05) is 0 Å². The fourth-order valence-electron chi connectivity index (χ4n) is 1.83. The maximum Gasteiger partial charge on any atom is 0.342 e. The van der Waals surface area contributed by atoms with Crippen molar-refractivity contribution in [1.29, 1.82) is 0 Å². The molecule has 0 saturated heterocycles. The van der Waals surface area contributed by atoms with Gasteiger partial charge in [-0.05, 0) is 36.2 Å². The summed E-state index contributed by atoms with van der Waals surface area (Å²) in [7, 11) is 1.55. The Kier molecular flexibility index (Phi) is 4.33. The molecule has 0 spiro atoms. The SMILES string of the molecule is COc1cccc(COC(=O)c2ccc(C)c(O)c2O)c1. The summed E-state index contributed by atoms with van der Waals surface area (Å²) in [5.41, 5.74) is 1.18. The number of phenols is 2. The number of hydrogen-bond donors (Lipinski definition) is 2. The lowest BCUT2D eigenvalue weighted by Gasteiger charge is -2.09. The van der Waals surface area contributed by atoms with Gasteiger partial charge in [0.25, 0.3) is 0 Å². The fraction of sp³-hybridized carbons (Fsp3) is 0.188. The van der Waals surface area contributed by atoms with Crippen molar-refractivity contribution in [2.45, 2.75) is 13.5 Å². The van der Waals surface area contributed by atoms with Crippen molar-refractivity contribution >= 4 is 5.97 Å². The number of rotatable bonds is 4. The van der Waals surface area contributed by atoms with Crippen LogP contribution in [0.3, 0.4) is 0 Å². The van der Waals surface area contributed by atoms with Gasteiger partial charge in [0.2, 0.25) is 0 Å². The van der Waals surface area contributed by atoms with Gasteiger partial charge in [-0.3, -0.25) is 0 Å². The average Bonchev–Trinajstić information content (AvgIpc) is 2.50. The molecule has 0 unspecified atom stereocenters. The van der Waals surface area contributed by atoms with Crippen molar-refractivity contribution in [1.82, 2.24) is 0 Å². The fourth-order valence-corrected chi connectivity index (χ4v) is 1.83. The van der Waals surface area contributed by atoms with Crippen molar-refractivity contribution in [3.8, 4) is 17.2 Å². The van der Waals surface area contributed by atoms with Gasteiger partial charge in [0.05, 0.1) is 7.11 Å². The number of aromatic hydroxyl groups is 2. The molecule has 0 aliphatic rings. The van der Waals surface area contributed by atoms with Gasteiger partial charge in [-0.15, -0.1) is 0 Å². The Bertz CT molecular complexity index is 664. The van der Waals surface area contributed by atoms with Crippen LogP contribution in [0.1, 0.15) is 21.5 Å². The monoisotopic (exact) mass is 288 g/mol. The van der Waals surface area contributed by atoms with Gasteiger partial charge in [0.15, 0.2) is 11.5 Å². The third-order valence-corrected chi connectivity index (χ3v) is 3.08. The van der Waals surface area contributed by atoms with Crippen molar-refractivity contribution in [2.24, 2.45) is 0 Å². The van der Waals surface area contributed by atoms with Crippen LogP contribution in [0.4, 0.5) is 0 Å². The molecular formula is C16H16O5. The highest BCUT2D eigenvalue weighted by atomic mass is 16.5. The summed E-state index contributed by atoms with van der Waals surface area (Å²) < 4.78 is 10.2. The van der Waals surface area contributed by atoms with Crippen LogP contribution in [0, 0.1) is 6.92 Å². The molecule has 0 bridgehead atoms. The molecule has 2 aromatic carbocycles. The molecule has 0 saturated carbocycles. The average molecular weight is 288 g/mol. The number of esters is 1. The molecule has 0 amide bonds. The normalized spacial score (nSPS) is 10.2. The minimum atomic E-state index is -0.703. The molecule has 2 aromatic rings.